The second-order valence-electron chi connectivity index (χ2n) is 9.56. The van der Waals surface area contributed by atoms with Crippen LogP contribution < -0.4 is 10.2 Å². The standard InChI is InChI=1S/C26H28O14/c27-11-3-1-10(2-4-11)13-7-36-16-6-12(5-14(28)18(16)19(13)30)39-26-24(35)22(33)21(32)17(40-26)9-38-25-23(34)20(31)15(29)8-37-25/h1-7,15,17,20-29,31-35H,8-9H2/t15-,17-,20+,21-,22+,23-,24-,25-,26+/m1/s1. The highest BCUT2D eigenvalue weighted by Crippen LogP contribution is 2.33. The van der Waals surface area contributed by atoms with E-state index in [1.165, 1.54) is 36.6 Å². The van der Waals surface area contributed by atoms with E-state index >= 15 is 0 Å². The molecule has 216 valence electrons. The highest BCUT2D eigenvalue weighted by atomic mass is 16.7. The maximum atomic E-state index is 13.1. The molecule has 1 aromatic heterocycles. The molecule has 3 aromatic rings. The van der Waals surface area contributed by atoms with E-state index < -0.39 is 73.1 Å². The van der Waals surface area contributed by atoms with Crippen LogP contribution in [0.3, 0.4) is 0 Å². The summed E-state index contributed by atoms with van der Waals surface area (Å²) in [5, 5.41) is 80.5. The SMILES string of the molecule is O=c1c(-c2ccc(O)cc2)coc2cc(O[C@H]3O[C@H](CO[C@H]4OC[C@@H](O)[C@H](O)[C@H]4O)[C@@H](O)[C@H](O)[C@H]3O)cc(O)c12. The topological polar surface area (TPSA) is 229 Å². The molecule has 0 unspecified atom stereocenters. The van der Waals surface area contributed by atoms with Gasteiger partial charge in [0.15, 0.2) is 6.29 Å². The van der Waals surface area contributed by atoms with Crippen molar-refractivity contribution in [2.75, 3.05) is 13.2 Å². The molecular weight excluding hydrogens is 536 g/mol. The van der Waals surface area contributed by atoms with E-state index in [9.17, 15) is 45.6 Å². The quantitative estimate of drug-likeness (QED) is 0.171. The molecule has 2 aromatic carbocycles. The number of fused-ring (bicyclic) bond motifs is 1. The molecule has 9 atom stereocenters. The van der Waals surface area contributed by atoms with Crippen LogP contribution in [0.4, 0.5) is 0 Å². The minimum absolute atomic E-state index is 0.00988. The first-order valence-corrected chi connectivity index (χ1v) is 12.3. The summed E-state index contributed by atoms with van der Waals surface area (Å²) >= 11 is 0. The lowest BCUT2D eigenvalue weighted by atomic mass is 9.99. The van der Waals surface area contributed by atoms with Crippen LogP contribution in [0.2, 0.25) is 0 Å². The monoisotopic (exact) mass is 564 g/mol. The Morgan fingerprint density at radius 1 is 0.850 bits per heavy atom. The van der Waals surface area contributed by atoms with E-state index in [1.54, 1.807) is 0 Å². The first kappa shape index (κ1) is 28.2. The van der Waals surface area contributed by atoms with E-state index in [1.807, 2.05) is 0 Å². The summed E-state index contributed by atoms with van der Waals surface area (Å²) in [7, 11) is 0. The molecule has 0 saturated carbocycles. The lowest BCUT2D eigenvalue weighted by molar-refractivity contribution is -0.307. The summed E-state index contributed by atoms with van der Waals surface area (Å²) in [5.74, 6) is -0.603. The van der Waals surface area contributed by atoms with Crippen molar-refractivity contribution in [3.05, 3.63) is 52.9 Å². The van der Waals surface area contributed by atoms with Crippen LogP contribution in [0.5, 0.6) is 17.2 Å². The van der Waals surface area contributed by atoms with Gasteiger partial charge in [-0.15, -0.1) is 0 Å². The fourth-order valence-corrected chi connectivity index (χ4v) is 4.52. The second-order valence-corrected chi connectivity index (χ2v) is 9.56. The van der Waals surface area contributed by atoms with Crippen LogP contribution in [0.25, 0.3) is 22.1 Å². The molecule has 2 aliphatic heterocycles. The van der Waals surface area contributed by atoms with Gasteiger partial charge in [-0.1, -0.05) is 12.1 Å². The van der Waals surface area contributed by atoms with E-state index in [0.717, 1.165) is 6.07 Å². The van der Waals surface area contributed by atoms with Gasteiger partial charge >= 0.3 is 0 Å². The van der Waals surface area contributed by atoms with Gasteiger partial charge in [0.2, 0.25) is 11.7 Å². The predicted molar refractivity (Wildman–Crippen MR) is 132 cm³/mol. The van der Waals surface area contributed by atoms with Gasteiger partial charge in [-0.05, 0) is 17.7 Å². The summed E-state index contributed by atoms with van der Waals surface area (Å²) < 4.78 is 27.2. The largest absolute Gasteiger partial charge is 0.508 e. The predicted octanol–water partition coefficient (Wildman–Crippen LogP) is -1.49. The van der Waals surface area contributed by atoms with Crippen molar-refractivity contribution in [3.63, 3.8) is 0 Å². The smallest absolute Gasteiger partial charge is 0.229 e. The summed E-state index contributed by atoms with van der Waals surface area (Å²) in [4.78, 5) is 13.1. The number of aliphatic hydroxyl groups is 6. The average molecular weight is 564 g/mol. The van der Waals surface area contributed by atoms with Crippen molar-refractivity contribution in [2.24, 2.45) is 0 Å². The minimum atomic E-state index is -1.75. The molecule has 3 heterocycles. The molecule has 0 bridgehead atoms. The lowest BCUT2D eigenvalue weighted by Crippen LogP contribution is -2.61. The average Bonchev–Trinajstić information content (AvgIpc) is 2.93. The number of rotatable bonds is 6. The maximum absolute atomic E-state index is 13.1. The minimum Gasteiger partial charge on any atom is -0.508 e. The molecule has 40 heavy (non-hydrogen) atoms. The number of phenols is 2. The fraction of sp³-hybridized carbons (Fsp3) is 0.423. The maximum Gasteiger partial charge on any atom is 0.229 e. The molecule has 0 amide bonds. The van der Waals surface area contributed by atoms with Crippen molar-refractivity contribution in [1.29, 1.82) is 0 Å². The molecule has 2 aliphatic rings. The lowest BCUT2D eigenvalue weighted by Gasteiger charge is -2.41. The Labute approximate surface area is 225 Å². The molecule has 0 spiro atoms. The van der Waals surface area contributed by atoms with E-state index in [-0.39, 0.29) is 34.6 Å². The van der Waals surface area contributed by atoms with Gasteiger partial charge in [0, 0.05) is 12.1 Å². The number of hydrogen-bond donors (Lipinski definition) is 8. The normalized spacial score (nSPS) is 32.7. The first-order valence-electron chi connectivity index (χ1n) is 12.3. The second kappa shape index (κ2) is 11.3. The zero-order valence-corrected chi connectivity index (χ0v) is 20.7. The molecular formula is C26H28O14. The molecule has 0 aliphatic carbocycles. The molecule has 14 heteroatoms. The van der Waals surface area contributed by atoms with Crippen molar-refractivity contribution in [1.82, 2.24) is 0 Å². The first-order chi connectivity index (χ1) is 19.0. The van der Waals surface area contributed by atoms with Crippen molar-refractivity contribution in [2.45, 2.75) is 55.3 Å². The fourth-order valence-electron chi connectivity index (χ4n) is 4.52. The number of benzene rings is 2. The van der Waals surface area contributed by atoms with E-state index in [4.69, 9.17) is 23.4 Å². The number of hydrogen-bond acceptors (Lipinski definition) is 14. The summed E-state index contributed by atoms with van der Waals surface area (Å²) in [5.41, 5.74) is -0.0241. The van der Waals surface area contributed by atoms with Crippen LogP contribution >= 0.6 is 0 Å². The van der Waals surface area contributed by atoms with Crippen molar-refractivity contribution in [3.8, 4) is 28.4 Å². The third kappa shape index (κ3) is 5.36. The van der Waals surface area contributed by atoms with Gasteiger partial charge in [0.1, 0.15) is 77.2 Å². The van der Waals surface area contributed by atoms with Gasteiger partial charge in [0.05, 0.1) is 18.8 Å². The summed E-state index contributed by atoms with van der Waals surface area (Å²) in [6, 6.07) is 8.15. The Kier molecular flexibility index (Phi) is 7.96. The highest BCUT2D eigenvalue weighted by molar-refractivity contribution is 5.88. The van der Waals surface area contributed by atoms with Gasteiger partial charge in [-0.3, -0.25) is 4.79 Å². The van der Waals surface area contributed by atoms with Crippen LogP contribution in [0.15, 0.2) is 51.9 Å². The van der Waals surface area contributed by atoms with Crippen LogP contribution in [0, 0.1) is 0 Å². The number of aromatic hydroxyl groups is 2. The molecule has 2 saturated heterocycles. The Morgan fingerprint density at radius 3 is 2.27 bits per heavy atom. The van der Waals surface area contributed by atoms with E-state index in [2.05, 4.69) is 0 Å². The molecule has 0 radical (unpaired) electrons. The van der Waals surface area contributed by atoms with Gasteiger partial charge in [-0.2, -0.15) is 0 Å². The Balaban J connectivity index is 1.33. The highest BCUT2D eigenvalue weighted by Gasteiger charge is 2.46. The zero-order valence-electron chi connectivity index (χ0n) is 20.7. The summed E-state index contributed by atoms with van der Waals surface area (Å²) in [6.45, 7) is -0.796. The number of phenolic OH excluding ortho intramolecular Hbond substituents is 2. The van der Waals surface area contributed by atoms with Crippen molar-refractivity contribution < 1.29 is 64.2 Å². The van der Waals surface area contributed by atoms with Crippen LogP contribution in [-0.4, -0.2) is 109 Å². The molecule has 8 N–H and O–H groups in total. The third-order valence-corrected chi connectivity index (χ3v) is 6.81. The van der Waals surface area contributed by atoms with Crippen LogP contribution in [-0.2, 0) is 14.2 Å². The van der Waals surface area contributed by atoms with E-state index in [0.29, 0.717) is 5.56 Å². The molecule has 5 rings (SSSR count). The summed E-state index contributed by atoms with van der Waals surface area (Å²) in [6.07, 6.45) is -12.7. The zero-order chi connectivity index (χ0) is 28.7. The Hall–Kier alpha value is -3.31. The number of ether oxygens (including phenoxy) is 4. The third-order valence-electron chi connectivity index (χ3n) is 6.81. The Morgan fingerprint density at radius 2 is 1.55 bits per heavy atom. The number of aliphatic hydroxyl groups excluding tert-OH is 6. The Bertz CT molecular complexity index is 1390. The van der Waals surface area contributed by atoms with Gasteiger partial charge in [0.25, 0.3) is 0 Å². The molecule has 14 nitrogen and oxygen atoms in total. The molecule has 2 fully saturated rings. The van der Waals surface area contributed by atoms with Crippen molar-refractivity contribution >= 4 is 11.0 Å². The van der Waals surface area contributed by atoms with Gasteiger partial charge < -0.3 is 64.2 Å². The van der Waals surface area contributed by atoms with Gasteiger partial charge in [-0.25, -0.2) is 0 Å². The van der Waals surface area contributed by atoms with Crippen LogP contribution in [0.1, 0.15) is 0 Å².